The fourth-order valence-corrected chi connectivity index (χ4v) is 4.44. The maximum Gasteiger partial charge on any atom is 0.270 e. The fourth-order valence-electron chi connectivity index (χ4n) is 3.64. The molecule has 0 aliphatic carbocycles. The maximum atomic E-state index is 12.4. The highest BCUT2D eigenvalue weighted by Gasteiger charge is 2.21. The predicted molar refractivity (Wildman–Crippen MR) is 135 cm³/mol. The highest BCUT2D eigenvalue weighted by molar-refractivity contribution is 7.09. The van der Waals surface area contributed by atoms with Gasteiger partial charge in [0.2, 0.25) is 0 Å². The third kappa shape index (κ3) is 7.03. The zero-order valence-electron chi connectivity index (χ0n) is 20.2. The number of benzene rings is 2. The summed E-state index contributed by atoms with van der Waals surface area (Å²) in [5, 5.41) is 5.60. The molecule has 0 saturated carbocycles. The number of hydrogen-bond acceptors (Lipinski definition) is 7. The summed E-state index contributed by atoms with van der Waals surface area (Å²) in [6.45, 7) is 4.62. The van der Waals surface area contributed by atoms with Crippen molar-refractivity contribution in [2.24, 2.45) is 0 Å². The summed E-state index contributed by atoms with van der Waals surface area (Å²) in [5.74, 6) is 1.38. The molecule has 0 saturated heterocycles. The van der Waals surface area contributed by atoms with Crippen LogP contribution in [0.3, 0.4) is 0 Å². The van der Waals surface area contributed by atoms with E-state index in [9.17, 15) is 4.79 Å². The van der Waals surface area contributed by atoms with Crippen LogP contribution in [-0.4, -0.2) is 50.3 Å². The molecule has 0 aliphatic rings. The summed E-state index contributed by atoms with van der Waals surface area (Å²) >= 11 is 1.50. The summed E-state index contributed by atoms with van der Waals surface area (Å²) in [5.41, 5.74) is 2.72. The van der Waals surface area contributed by atoms with E-state index < -0.39 is 0 Å². The SMILES string of the molecule is COCCCNC(=O)c1csc(CN(Cc2ccc(OC)cc2OC)C(C)c2ccccc2)n1. The quantitative estimate of drug-likeness (QED) is 0.356. The van der Waals surface area contributed by atoms with E-state index in [1.54, 1.807) is 21.3 Å². The number of aromatic nitrogens is 1. The molecule has 182 valence electrons. The molecule has 1 amide bonds. The van der Waals surface area contributed by atoms with Crippen molar-refractivity contribution >= 4 is 17.2 Å². The van der Waals surface area contributed by atoms with Gasteiger partial charge < -0.3 is 19.5 Å². The van der Waals surface area contributed by atoms with Crippen LogP contribution in [0, 0.1) is 0 Å². The molecule has 1 heterocycles. The first kappa shape index (κ1) is 25.7. The molecule has 1 unspecified atom stereocenters. The monoisotopic (exact) mass is 483 g/mol. The van der Waals surface area contributed by atoms with Crippen LogP contribution in [0.15, 0.2) is 53.9 Å². The first-order valence-corrected chi connectivity index (χ1v) is 12.1. The van der Waals surface area contributed by atoms with Crippen molar-refractivity contribution in [2.45, 2.75) is 32.5 Å². The van der Waals surface area contributed by atoms with Crippen molar-refractivity contribution < 1.29 is 19.0 Å². The maximum absolute atomic E-state index is 12.4. The van der Waals surface area contributed by atoms with Gasteiger partial charge in [-0.3, -0.25) is 9.69 Å². The van der Waals surface area contributed by atoms with Crippen LogP contribution >= 0.6 is 11.3 Å². The number of nitrogens with zero attached hydrogens (tertiary/aromatic N) is 2. The molecule has 0 fully saturated rings. The zero-order chi connectivity index (χ0) is 24.3. The normalized spacial score (nSPS) is 11.9. The Morgan fingerprint density at radius 2 is 1.88 bits per heavy atom. The first-order valence-electron chi connectivity index (χ1n) is 11.3. The molecule has 0 radical (unpaired) electrons. The van der Waals surface area contributed by atoms with Crippen molar-refractivity contribution in [3.8, 4) is 11.5 Å². The third-order valence-electron chi connectivity index (χ3n) is 5.63. The minimum atomic E-state index is -0.155. The van der Waals surface area contributed by atoms with Gasteiger partial charge in [-0.15, -0.1) is 11.3 Å². The average molecular weight is 484 g/mol. The predicted octanol–water partition coefficient (Wildman–Crippen LogP) is 4.69. The minimum Gasteiger partial charge on any atom is -0.497 e. The van der Waals surface area contributed by atoms with Crippen LogP contribution in [0.5, 0.6) is 11.5 Å². The van der Waals surface area contributed by atoms with Crippen molar-refractivity contribution in [2.75, 3.05) is 34.5 Å². The number of rotatable bonds is 13. The molecule has 0 aliphatic heterocycles. The Hall–Kier alpha value is -2.94. The molecule has 7 nitrogen and oxygen atoms in total. The van der Waals surface area contributed by atoms with Crippen LogP contribution in [0.4, 0.5) is 0 Å². The van der Waals surface area contributed by atoms with Gasteiger partial charge in [-0.1, -0.05) is 36.4 Å². The molecule has 34 heavy (non-hydrogen) atoms. The second-order valence-electron chi connectivity index (χ2n) is 7.90. The lowest BCUT2D eigenvalue weighted by molar-refractivity contribution is 0.0944. The minimum absolute atomic E-state index is 0.128. The second-order valence-corrected chi connectivity index (χ2v) is 8.84. The largest absolute Gasteiger partial charge is 0.497 e. The number of carbonyl (C=O) groups is 1. The van der Waals surface area contributed by atoms with Crippen molar-refractivity contribution in [3.05, 3.63) is 75.7 Å². The molecule has 3 rings (SSSR count). The van der Waals surface area contributed by atoms with Gasteiger partial charge in [0.1, 0.15) is 22.2 Å². The van der Waals surface area contributed by atoms with E-state index in [0.717, 1.165) is 28.5 Å². The molecule has 3 aromatic rings. The van der Waals surface area contributed by atoms with Crippen LogP contribution in [0.25, 0.3) is 0 Å². The molecule has 2 aromatic carbocycles. The van der Waals surface area contributed by atoms with E-state index in [-0.39, 0.29) is 11.9 Å². The molecule has 1 aromatic heterocycles. The molecule has 8 heteroatoms. The van der Waals surface area contributed by atoms with E-state index in [1.807, 2.05) is 41.8 Å². The van der Waals surface area contributed by atoms with Crippen molar-refractivity contribution in [3.63, 3.8) is 0 Å². The summed E-state index contributed by atoms with van der Waals surface area (Å²) in [6, 6.07) is 16.4. The van der Waals surface area contributed by atoms with Gasteiger partial charge in [-0.05, 0) is 25.0 Å². The Morgan fingerprint density at radius 1 is 1.09 bits per heavy atom. The average Bonchev–Trinajstić information content (AvgIpc) is 3.35. The topological polar surface area (TPSA) is 72.9 Å². The van der Waals surface area contributed by atoms with E-state index >= 15 is 0 Å². The Morgan fingerprint density at radius 3 is 2.59 bits per heavy atom. The van der Waals surface area contributed by atoms with Gasteiger partial charge in [0.05, 0.1) is 20.8 Å². The van der Waals surface area contributed by atoms with E-state index in [2.05, 4.69) is 34.3 Å². The fraction of sp³-hybridized carbons (Fsp3) is 0.385. The van der Waals surface area contributed by atoms with E-state index in [1.165, 1.54) is 16.9 Å². The zero-order valence-corrected chi connectivity index (χ0v) is 21.1. The molecule has 1 N–H and O–H groups in total. The van der Waals surface area contributed by atoms with Crippen molar-refractivity contribution in [1.82, 2.24) is 15.2 Å². The number of methoxy groups -OCH3 is 3. The van der Waals surface area contributed by atoms with Gasteiger partial charge in [0.15, 0.2) is 0 Å². The third-order valence-corrected chi connectivity index (χ3v) is 6.46. The lowest BCUT2D eigenvalue weighted by Gasteiger charge is -2.29. The van der Waals surface area contributed by atoms with Gasteiger partial charge in [-0.2, -0.15) is 0 Å². The Labute approximate surface area is 205 Å². The van der Waals surface area contributed by atoms with Gasteiger partial charge >= 0.3 is 0 Å². The lowest BCUT2D eigenvalue weighted by atomic mass is 10.1. The molecular weight excluding hydrogens is 450 g/mol. The number of thiazole rings is 1. The molecule has 0 spiro atoms. The van der Waals surface area contributed by atoms with Gasteiger partial charge in [0, 0.05) is 49.9 Å². The number of carbonyl (C=O) groups excluding carboxylic acids is 1. The Bertz CT molecular complexity index is 1040. The summed E-state index contributed by atoms with van der Waals surface area (Å²) in [4.78, 5) is 19.4. The first-order chi connectivity index (χ1) is 16.5. The smallest absolute Gasteiger partial charge is 0.270 e. The van der Waals surface area contributed by atoms with E-state index in [0.29, 0.717) is 31.9 Å². The van der Waals surface area contributed by atoms with Gasteiger partial charge in [-0.25, -0.2) is 4.98 Å². The highest BCUT2D eigenvalue weighted by Crippen LogP contribution is 2.30. The van der Waals surface area contributed by atoms with Crippen LogP contribution < -0.4 is 14.8 Å². The highest BCUT2D eigenvalue weighted by atomic mass is 32.1. The van der Waals surface area contributed by atoms with Crippen LogP contribution in [0.2, 0.25) is 0 Å². The molecular formula is C26H33N3O4S. The van der Waals surface area contributed by atoms with Gasteiger partial charge in [0.25, 0.3) is 5.91 Å². The number of hydrogen-bond donors (Lipinski definition) is 1. The van der Waals surface area contributed by atoms with E-state index in [4.69, 9.17) is 14.2 Å². The standard InChI is InChI=1S/C26H33N3O4S/c1-19(20-9-6-5-7-10-20)29(16-21-11-12-22(32-3)15-24(21)33-4)17-25-28-23(18-34-25)26(30)27-13-8-14-31-2/h5-7,9-12,15,18-19H,8,13-14,16-17H2,1-4H3,(H,27,30). The van der Waals surface area contributed by atoms with Crippen LogP contribution in [0.1, 0.15) is 46.0 Å². The lowest BCUT2D eigenvalue weighted by Crippen LogP contribution is -2.27. The van der Waals surface area contributed by atoms with Crippen molar-refractivity contribution in [1.29, 1.82) is 0 Å². The Balaban J connectivity index is 1.79. The molecule has 1 atom stereocenters. The number of amides is 1. The summed E-state index contributed by atoms with van der Waals surface area (Å²) < 4.78 is 16.0. The second kappa shape index (κ2) is 13.1. The number of nitrogens with one attached hydrogen (secondary N) is 1. The van der Waals surface area contributed by atoms with Crippen LogP contribution in [-0.2, 0) is 17.8 Å². The summed E-state index contributed by atoms with van der Waals surface area (Å²) in [7, 11) is 4.96. The summed E-state index contributed by atoms with van der Waals surface area (Å²) in [6.07, 6.45) is 0.769. The number of ether oxygens (including phenoxy) is 3. The Kier molecular flexibility index (Phi) is 9.88. The molecule has 0 bridgehead atoms.